The average molecular weight is 1280 g/mol. The van der Waals surface area contributed by atoms with E-state index in [1.54, 1.807) is 10.6 Å². The zero-order valence-electron chi connectivity index (χ0n) is 48.1. The van der Waals surface area contributed by atoms with E-state index in [1.807, 2.05) is 21.3 Å². The van der Waals surface area contributed by atoms with Crippen molar-refractivity contribution in [1.29, 1.82) is 0 Å². The van der Waals surface area contributed by atoms with Crippen molar-refractivity contribution in [2.45, 2.75) is 140 Å². The smallest absolute Gasteiger partial charge is 0.305 e. The molecule has 90 heavy (non-hydrogen) atoms. The van der Waals surface area contributed by atoms with Crippen LogP contribution in [0.1, 0.15) is 99.8 Å². The van der Waals surface area contributed by atoms with Crippen LogP contribution in [0.3, 0.4) is 0 Å². The Morgan fingerprint density at radius 3 is 0.867 bits per heavy atom. The number of carboxylic acids is 6. The van der Waals surface area contributed by atoms with E-state index in [9.17, 15) is 122 Å². The molecule has 0 aliphatic heterocycles. The quantitative estimate of drug-likeness (QED) is 0.0179. The van der Waals surface area contributed by atoms with E-state index in [4.69, 9.17) is 0 Å². The molecule has 0 fully saturated rings. The van der Waals surface area contributed by atoms with Gasteiger partial charge in [0.25, 0.3) is 11.8 Å². The maximum atomic E-state index is 15.9. The van der Waals surface area contributed by atoms with Crippen molar-refractivity contribution in [3.63, 3.8) is 0 Å². The molecule has 0 aliphatic carbocycles. The second-order valence-corrected chi connectivity index (χ2v) is 20.3. The number of rotatable bonds is 40. The first-order valence-electron chi connectivity index (χ1n) is 26.8. The zero-order valence-corrected chi connectivity index (χ0v) is 48.1. The minimum absolute atomic E-state index is 0.183. The van der Waals surface area contributed by atoms with Gasteiger partial charge in [-0.05, 0) is 24.7 Å². The second kappa shape index (κ2) is 35.8. The Bertz CT molecular complexity index is 2910. The number of alkyl halides is 2. The maximum Gasteiger partial charge on any atom is 0.305 e. The third-order valence-corrected chi connectivity index (χ3v) is 12.6. The number of hydrogen-bond donors (Lipinski definition) is 14. The predicted molar refractivity (Wildman–Crippen MR) is 294 cm³/mol. The van der Waals surface area contributed by atoms with Gasteiger partial charge in [0.15, 0.2) is 11.6 Å². The lowest BCUT2D eigenvalue weighted by Crippen LogP contribution is -2.60. The Labute approximate surface area is 507 Å². The molecule has 33 nitrogen and oxygen atoms in total. The van der Waals surface area contributed by atoms with Crippen LogP contribution in [0.4, 0.5) is 8.78 Å². The first-order chi connectivity index (χ1) is 42.0. The molecule has 2 unspecified atom stereocenters. The van der Waals surface area contributed by atoms with E-state index in [2.05, 4.69) is 10.6 Å². The molecule has 10 atom stereocenters. The fraction of sp³-hybridized carbons (Fsp3) is 0.436. The monoisotopic (exact) mass is 1270 g/mol. The number of halogens is 2. The van der Waals surface area contributed by atoms with Crippen LogP contribution >= 0.6 is 0 Å². The van der Waals surface area contributed by atoms with Crippen LogP contribution in [0.25, 0.3) is 0 Å². The van der Waals surface area contributed by atoms with Gasteiger partial charge in [-0.15, -0.1) is 0 Å². The number of carbonyl (C=O) groups excluding carboxylic acids is 13. The molecule has 0 saturated heterocycles. The van der Waals surface area contributed by atoms with Crippen LogP contribution in [-0.2, 0) is 81.5 Å². The van der Waals surface area contributed by atoms with Gasteiger partial charge in [0.2, 0.25) is 65.1 Å². The number of carbonyl (C=O) groups is 19. The van der Waals surface area contributed by atoms with Crippen LogP contribution in [0.2, 0.25) is 0 Å². The van der Waals surface area contributed by atoms with Gasteiger partial charge in [0.05, 0.1) is 25.7 Å². The lowest BCUT2D eigenvalue weighted by molar-refractivity contribution is -0.148. The molecule has 0 heterocycles. The number of hydrogen-bond acceptors (Lipinski definition) is 19. The Hall–Kier alpha value is -10.8. The van der Waals surface area contributed by atoms with Crippen molar-refractivity contribution in [3.05, 3.63) is 71.8 Å². The summed E-state index contributed by atoms with van der Waals surface area (Å²) in [6.07, 6.45) is -16.9. The van der Waals surface area contributed by atoms with E-state index in [0.717, 1.165) is 0 Å². The van der Waals surface area contributed by atoms with Gasteiger partial charge < -0.3 is 73.2 Å². The highest BCUT2D eigenvalue weighted by Gasteiger charge is 2.45. The van der Waals surface area contributed by atoms with Gasteiger partial charge in [0.1, 0.15) is 48.3 Å². The van der Waals surface area contributed by atoms with E-state index >= 15 is 8.78 Å². The molecule has 35 heteroatoms. The van der Waals surface area contributed by atoms with E-state index in [0.29, 0.717) is 0 Å². The first-order valence-corrected chi connectivity index (χ1v) is 26.8. The minimum atomic E-state index is -3.90. The maximum absolute atomic E-state index is 15.9. The van der Waals surface area contributed by atoms with Crippen LogP contribution in [0.5, 0.6) is 0 Å². The van der Waals surface area contributed by atoms with Gasteiger partial charge in [0, 0.05) is 24.0 Å². The summed E-state index contributed by atoms with van der Waals surface area (Å²) in [5.74, 6) is -34.4. The summed E-state index contributed by atoms with van der Waals surface area (Å²) in [5.41, 5.74) is -0.365. The van der Waals surface area contributed by atoms with E-state index < -0.39 is 236 Å². The Morgan fingerprint density at radius 1 is 0.333 bits per heavy atom. The molecule has 2 aromatic carbocycles. The summed E-state index contributed by atoms with van der Waals surface area (Å²) in [6.45, 7) is 4.83. The van der Waals surface area contributed by atoms with Crippen molar-refractivity contribution in [2.75, 3.05) is 0 Å². The molecule has 0 aliphatic rings. The average Bonchev–Trinajstić information content (AvgIpc) is 2.95. The molecule has 2 aromatic rings. The highest BCUT2D eigenvalue weighted by atomic mass is 19.1. The first kappa shape index (κ1) is 75.3. The number of benzene rings is 2. The second-order valence-electron chi connectivity index (χ2n) is 20.3. The fourth-order valence-corrected chi connectivity index (χ4v) is 7.93. The topological polar surface area (TPSA) is 542 Å². The van der Waals surface area contributed by atoms with E-state index in [1.165, 1.54) is 88.4 Å². The molecule has 0 bridgehead atoms. The highest BCUT2D eigenvalue weighted by molar-refractivity contribution is 6.43. The van der Waals surface area contributed by atoms with Crippen molar-refractivity contribution in [1.82, 2.24) is 42.5 Å². The zero-order chi connectivity index (χ0) is 68.4. The predicted octanol–water partition coefficient (Wildman–Crippen LogP) is -3.05. The summed E-state index contributed by atoms with van der Waals surface area (Å²) >= 11 is 0. The van der Waals surface area contributed by atoms with Crippen LogP contribution in [-0.4, -0.2) is 203 Å². The number of amides is 8. The third kappa shape index (κ3) is 24.5. The largest absolute Gasteiger partial charge is 0.481 e. The van der Waals surface area contributed by atoms with Crippen LogP contribution in [0, 0.1) is 11.8 Å². The van der Waals surface area contributed by atoms with Crippen LogP contribution < -0.4 is 42.5 Å². The van der Waals surface area contributed by atoms with Crippen molar-refractivity contribution >= 4 is 112 Å². The normalized spacial score (nSPS) is 14.2. The van der Waals surface area contributed by atoms with Gasteiger partial charge in [-0.3, -0.25) is 91.1 Å². The number of aliphatic carboxylic acids is 6. The molecule has 488 valence electrons. The molecule has 8 amide bonds. The van der Waals surface area contributed by atoms with Gasteiger partial charge in [-0.25, -0.2) is 8.78 Å². The van der Waals surface area contributed by atoms with Crippen molar-refractivity contribution in [3.8, 4) is 0 Å². The lowest BCUT2D eigenvalue weighted by Gasteiger charge is -2.28. The van der Waals surface area contributed by atoms with Crippen molar-refractivity contribution < 1.29 is 131 Å². The Kier molecular flexibility index (Phi) is 29.9. The molecule has 0 saturated carbocycles. The van der Waals surface area contributed by atoms with Crippen molar-refractivity contribution in [2.24, 2.45) is 11.8 Å². The van der Waals surface area contributed by atoms with Gasteiger partial charge in [-0.1, -0.05) is 88.4 Å². The Morgan fingerprint density at radius 2 is 0.600 bits per heavy atom. The molecule has 0 radical (unpaired) electrons. The summed E-state index contributed by atoms with van der Waals surface area (Å²) < 4.78 is 31.8. The van der Waals surface area contributed by atoms with E-state index in [-0.39, 0.29) is 11.1 Å². The summed E-state index contributed by atoms with van der Waals surface area (Å²) in [5, 5.41) is 72.3. The number of ketones is 5. The molecular weight excluding hydrogens is 1210 g/mol. The lowest BCUT2D eigenvalue weighted by atomic mass is 9.94. The number of carboxylic acid groups (broad SMARTS) is 6. The standard InChI is InChI=1S/C55H64F2N8O25/c1-23(2)41(64-48(83)27(15-17-33(66)67)58-50(85)31(21-37(74)75)62-54(89)43(78)25-11-7-5-8-12-25)52(87)60-29(19-35(70)71)45(80)39(56)47(82)40(57)46(81)30(20-36(72)73)61-53(88)42(24(3)4)65-49(84)28(16-18-34(68)69)59-51(86)32(22-38(76)77)63-55(90)44(79)26-13-9-6-10-14-26/h5-14,23-24,27-32,39-42H,15-22H2,1-4H3,(H,58,85)(H,59,86)(H,60,87)(H,61,88)(H,62,89)(H,63,90)(H,64,83)(H,65,84)(H,66,67)(H,68,69)(H,70,71)(H,72,73)(H,74,75)(H,76,77)/t27-,28-,29-,30-,31-,32-,39?,40?,41-,42-/m0/s1. The summed E-state index contributed by atoms with van der Waals surface area (Å²) in [4.78, 5) is 243. The van der Waals surface area contributed by atoms with Gasteiger partial charge in [-0.2, -0.15) is 0 Å². The molecule has 0 aromatic heterocycles. The molecular formula is C55H64F2N8O25. The SMILES string of the molecule is CC(C)[C@H](NC(=O)[C@H](CCC(=O)O)NC(=O)[C@H](CC(=O)O)NC(=O)C(=O)c1ccccc1)C(=O)N[C@@H](CC(=O)O)C(=O)C(F)C(=O)C(F)C(=O)[C@H](CC(=O)O)NC(=O)[C@@H](NC(=O)[C@H](CCC(=O)O)NC(=O)[C@H](CC(=O)O)NC(=O)C(=O)c1ccccc1)C(C)C. The molecule has 0 spiro atoms. The third-order valence-electron chi connectivity index (χ3n) is 12.6. The Balaban J connectivity index is 2.38. The van der Waals surface area contributed by atoms with Gasteiger partial charge >= 0.3 is 35.8 Å². The molecule has 2 rings (SSSR count). The summed E-state index contributed by atoms with van der Waals surface area (Å²) in [7, 11) is 0. The molecule has 14 N–H and O–H groups in total. The highest BCUT2D eigenvalue weighted by Crippen LogP contribution is 2.16. The summed E-state index contributed by atoms with van der Waals surface area (Å²) in [6, 6.07) is -4.21. The fourth-order valence-electron chi connectivity index (χ4n) is 7.93. The number of Topliss-reactive ketones (excluding diaryl/α,β-unsaturated/α-hetero) is 5. The van der Waals surface area contributed by atoms with Crippen LogP contribution in [0.15, 0.2) is 60.7 Å². The number of nitrogens with one attached hydrogen (secondary N) is 8. The minimum Gasteiger partial charge on any atom is -0.481 e.